The van der Waals surface area contributed by atoms with Gasteiger partial charge < -0.3 is 39.1 Å². The number of fused-ring (bicyclic) bond motifs is 2. The van der Waals surface area contributed by atoms with Crippen LogP contribution in [0.2, 0.25) is 0 Å². The lowest BCUT2D eigenvalue weighted by atomic mass is 10.0. The molecule has 2 fully saturated rings. The Morgan fingerprint density at radius 3 is 2.34 bits per heavy atom. The first kappa shape index (κ1) is 47.9. The Bertz CT molecular complexity index is 2540. The van der Waals surface area contributed by atoms with Crippen molar-refractivity contribution in [2.24, 2.45) is 0 Å². The minimum Gasteiger partial charge on any atom is -0.490 e. The molecular weight excluding hydrogens is 865 g/mol. The normalized spacial score (nSPS) is 17.8. The first-order chi connectivity index (χ1) is 32.7. The summed E-state index contributed by atoms with van der Waals surface area (Å²) in [4.78, 5) is 74.8. The molecule has 2 aromatic carbocycles. The predicted octanol–water partition coefficient (Wildman–Crippen LogP) is 4.37. The highest BCUT2D eigenvalue weighted by molar-refractivity contribution is 6.24. The summed E-state index contributed by atoms with van der Waals surface area (Å²) in [5, 5.41) is 7.83. The Labute approximate surface area is 387 Å². The summed E-state index contributed by atoms with van der Waals surface area (Å²) >= 11 is 0. The number of aromatic nitrogens is 4. The molecule has 5 heterocycles. The number of allylic oxidation sites excluding steroid dienone is 4. The van der Waals surface area contributed by atoms with Crippen LogP contribution in [0, 0.1) is 0 Å². The molecule has 0 aliphatic carbocycles. The van der Waals surface area contributed by atoms with Gasteiger partial charge in [0.25, 0.3) is 11.8 Å². The van der Waals surface area contributed by atoms with E-state index in [4.69, 9.17) is 39.3 Å². The zero-order chi connectivity index (χ0) is 47.1. The summed E-state index contributed by atoms with van der Waals surface area (Å²) in [7, 11) is 0. The van der Waals surface area contributed by atoms with Crippen molar-refractivity contribution in [1.82, 2.24) is 34.9 Å². The molecule has 0 radical (unpaired) electrons. The van der Waals surface area contributed by atoms with Gasteiger partial charge in [-0.05, 0) is 74.7 Å². The highest BCUT2D eigenvalue weighted by atomic mass is 16.6. The number of hydrogen-bond donors (Lipinski definition) is 2. The SMILES string of the molecule is C=C/C=C\C(=C/C)Oc1ccc(-c2nn(C3CCCN(C(=O)/C=C/COCCOCCOCCOCCOc4cccc5c4C(=O)N(C4CCC(=O)NC4=O)C5=O)C3)c3ncnc(N)c23)cc1. The number of nitrogens with one attached hydrogen (secondary N) is 1. The molecule has 2 saturated heterocycles. The van der Waals surface area contributed by atoms with E-state index in [0.29, 0.717) is 86.8 Å². The number of ether oxygens (including phenoxy) is 6. The fraction of sp³-hybridized carbons (Fsp3) is 0.375. The van der Waals surface area contributed by atoms with Crippen LogP contribution in [0.5, 0.6) is 11.5 Å². The minimum absolute atomic E-state index is 0.0381. The fourth-order valence-corrected chi connectivity index (χ4v) is 7.86. The van der Waals surface area contributed by atoms with Crippen LogP contribution in [0.15, 0.2) is 97.6 Å². The zero-order valence-corrected chi connectivity index (χ0v) is 37.3. The first-order valence-electron chi connectivity index (χ1n) is 22.1. The quantitative estimate of drug-likeness (QED) is 0.0346. The second-order valence-corrected chi connectivity index (χ2v) is 15.5. The van der Waals surface area contributed by atoms with Crippen molar-refractivity contribution in [2.45, 2.75) is 44.7 Å². The first-order valence-corrected chi connectivity index (χ1v) is 22.1. The van der Waals surface area contributed by atoms with Gasteiger partial charge in [0.15, 0.2) is 5.65 Å². The largest absolute Gasteiger partial charge is 0.490 e. The molecule has 2 aromatic heterocycles. The molecule has 3 aliphatic heterocycles. The average molecular weight is 919 g/mol. The zero-order valence-electron chi connectivity index (χ0n) is 37.3. The molecule has 0 bridgehead atoms. The van der Waals surface area contributed by atoms with Crippen LogP contribution in [0.25, 0.3) is 22.3 Å². The van der Waals surface area contributed by atoms with E-state index in [1.807, 2.05) is 48.0 Å². The van der Waals surface area contributed by atoms with Gasteiger partial charge in [-0.3, -0.25) is 34.2 Å². The Hall–Kier alpha value is -7.06. The summed E-state index contributed by atoms with van der Waals surface area (Å²) < 4.78 is 35.9. The number of benzene rings is 2. The van der Waals surface area contributed by atoms with Crippen LogP contribution >= 0.6 is 0 Å². The molecule has 0 spiro atoms. The van der Waals surface area contributed by atoms with Gasteiger partial charge in [0.1, 0.15) is 47.7 Å². The molecule has 7 rings (SSSR count). The molecule has 352 valence electrons. The Morgan fingerprint density at radius 1 is 0.896 bits per heavy atom. The number of nitrogen functional groups attached to an aromatic ring is 1. The molecule has 2 atom stereocenters. The summed E-state index contributed by atoms with van der Waals surface area (Å²) in [5.74, 6) is -0.573. The van der Waals surface area contributed by atoms with Gasteiger partial charge in [0.05, 0.1) is 75.4 Å². The molecule has 19 nitrogen and oxygen atoms in total. The van der Waals surface area contributed by atoms with Crippen molar-refractivity contribution < 1.29 is 52.4 Å². The maximum absolute atomic E-state index is 13.2. The standard InChI is InChI=1S/C48H54N8O11/c1-3-5-10-34(4-2)67-35-16-14-32(15-17-35)43-42-44(49)50-31-51-45(42)56(53-43)33-9-7-20-54(30-33)40(58)13-8-21-62-22-23-63-24-25-64-26-27-65-28-29-66-38-12-6-11-36-41(38)48(61)55(47(36)60)37-18-19-39(57)52-46(37)59/h3-6,8,10-17,31,33,37H,1,7,9,18-30H2,2H3,(H2,49,50,51)(H,52,57,59)/b10-5-,13-8+,34-4+. The summed E-state index contributed by atoms with van der Waals surface area (Å²) in [6.45, 7) is 9.28. The summed E-state index contributed by atoms with van der Waals surface area (Å²) in [6, 6.07) is 11.1. The lowest BCUT2D eigenvalue weighted by Gasteiger charge is -2.32. The second kappa shape index (κ2) is 23.4. The van der Waals surface area contributed by atoms with Crippen molar-refractivity contribution in [1.29, 1.82) is 0 Å². The van der Waals surface area contributed by atoms with Gasteiger partial charge in [-0.1, -0.05) is 30.9 Å². The summed E-state index contributed by atoms with van der Waals surface area (Å²) in [5.41, 5.74) is 8.70. The van der Waals surface area contributed by atoms with Gasteiger partial charge in [0.2, 0.25) is 17.7 Å². The van der Waals surface area contributed by atoms with Gasteiger partial charge in [-0.15, -0.1) is 0 Å². The molecule has 5 amide bonds. The van der Waals surface area contributed by atoms with Crippen LogP contribution in [0.1, 0.15) is 59.4 Å². The number of likely N-dealkylation sites (tertiary alicyclic amines) is 1. The van der Waals surface area contributed by atoms with Gasteiger partial charge in [-0.25, -0.2) is 14.6 Å². The van der Waals surface area contributed by atoms with Crippen LogP contribution in [0.4, 0.5) is 5.82 Å². The van der Waals surface area contributed by atoms with E-state index in [1.54, 1.807) is 35.3 Å². The number of amides is 5. The third kappa shape index (κ3) is 11.9. The number of nitrogens with zero attached hydrogens (tertiary/aromatic N) is 6. The molecular formula is C48H54N8O11. The average Bonchev–Trinajstić information content (AvgIpc) is 3.85. The van der Waals surface area contributed by atoms with E-state index in [0.717, 1.165) is 23.3 Å². The molecule has 3 aliphatic rings. The van der Waals surface area contributed by atoms with E-state index in [9.17, 15) is 24.0 Å². The number of nitrogens with two attached hydrogens (primary N) is 1. The van der Waals surface area contributed by atoms with E-state index >= 15 is 0 Å². The number of piperidine rings is 2. The summed E-state index contributed by atoms with van der Waals surface area (Å²) in [6.07, 6.45) is 13.6. The van der Waals surface area contributed by atoms with E-state index in [2.05, 4.69) is 21.9 Å². The molecule has 19 heteroatoms. The smallest absolute Gasteiger partial charge is 0.266 e. The highest BCUT2D eigenvalue weighted by Crippen LogP contribution is 2.36. The third-order valence-electron chi connectivity index (χ3n) is 11.1. The maximum Gasteiger partial charge on any atom is 0.266 e. The van der Waals surface area contributed by atoms with Gasteiger partial charge in [0, 0.05) is 31.1 Å². The second-order valence-electron chi connectivity index (χ2n) is 15.5. The van der Waals surface area contributed by atoms with Crippen molar-refractivity contribution >= 4 is 46.4 Å². The number of anilines is 1. The van der Waals surface area contributed by atoms with E-state index in [-0.39, 0.29) is 61.5 Å². The minimum atomic E-state index is -1.05. The van der Waals surface area contributed by atoms with Gasteiger partial charge >= 0.3 is 0 Å². The topological polar surface area (TPSA) is 229 Å². The molecule has 4 aromatic rings. The van der Waals surface area contributed by atoms with E-state index in [1.165, 1.54) is 18.5 Å². The Balaban J connectivity index is 0.756. The number of carbonyl (C=O) groups is 5. The number of imide groups is 2. The van der Waals surface area contributed by atoms with E-state index < -0.39 is 29.7 Å². The molecule has 0 saturated carbocycles. The third-order valence-corrected chi connectivity index (χ3v) is 11.1. The Morgan fingerprint density at radius 2 is 1.63 bits per heavy atom. The lowest BCUT2D eigenvalue weighted by Crippen LogP contribution is -2.54. The number of hydrogen-bond acceptors (Lipinski definition) is 15. The van der Waals surface area contributed by atoms with Crippen LogP contribution in [0.3, 0.4) is 0 Å². The maximum atomic E-state index is 13.2. The van der Waals surface area contributed by atoms with Crippen molar-refractivity contribution in [3.8, 4) is 22.8 Å². The van der Waals surface area contributed by atoms with Crippen molar-refractivity contribution in [3.05, 3.63) is 109 Å². The van der Waals surface area contributed by atoms with Crippen molar-refractivity contribution in [3.63, 3.8) is 0 Å². The highest BCUT2D eigenvalue weighted by Gasteiger charge is 2.46. The van der Waals surface area contributed by atoms with Crippen LogP contribution < -0.4 is 20.5 Å². The molecule has 3 N–H and O–H groups in total. The van der Waals surface area contributed by atoms with Crippen LogP contribution in [-0.2, 0) is 33.3 Å². The van der Waals surface area contributed by atoms with Gasteiger partial charge in [-0.2, -0.15) is 5.10 Å². The van der Waals surface area contributed by atoms with Crippen molar-refractivity contribution in [2.75, 3.05) is 78.3 Å². The number of rotatable bonds is 23. The fourth-order valence-electron chi connectivity index (χ4n) is 7.86. The van der Waals surface area contributed by atoms with Crippen LogP contribution in [-0.4, -0.2) is 138 Å². The monoisotopic (exact) mass is 918 g/mol. The predicted molar refractivity (Wildman–Crippen MR) is 245 cm³/mol. The molecule has 2 unspecified atom stereocenters. The Kier molecular flexibility index (Phi) is 16.7. The molecule has 67 heavy (non-hydrogen) atoms. The number of carbonyl (C=O) groups excluding carboxylic acids is 5. The lowest BCUT2D eigenvalue weighted by molar-refractivity contribution is -0.136.